The van der Waals surface area contributed by atoms with Crippen LogP contribution in [0.2, 0.25) is 0 Å². The van der Waals surface area contributed by atoms with Gasteiger partial charge in [0.05, 0.1) is 0 Å². The zero-order chi connectivity index (χ0) is 21.8. The molecule has 8 heteroatoms. The monoisotopic (exact) mass is 414 g/mol. The number of aryl methyl sites for hydroxylation is 1. The van der Waals surface area contributed by atoms with Gasteiger partial charge in [-0.3, -0.25) is 4.79 Å². The quantitative estimate of drug-likeness (QED) is 0.479. The Balaban J connectivity index is 1.42. The topological polar surface area (TPSA) is 96.2 Å². The maximum atomic E-state index is 12.5. The van der Waals surface area contributed by atoms with Gasteiger partial charge >= 0.3 is 0 Å². The van der Waals surface area contributed by atoms with Gasteiger partial charge in [-0.2, -0.15) is 4.98 Å². The third kappa shape index (κ3) is 4.87. The van der Waals surface area contributed by atoms with Crippen molar-refractivity contribution in [2.24, 2.45) is 0 Å². The van der Waals surface area contributed by atoms with Gasteiger partial charge in [0.15, 0.2) is 11.5 Å². The number of hydrogen-bond acceptors (Lipinski definition) is 7. The highest BCUT2D eigenvalue weighted by molar-refractivity contribution is 6.03. The molecule has 156 valence electrons. The lowest BCUT2D eigenvalue weighted by Gasteiger charge is -2.14. The molecule has 0 aliphatic rings. The number of amides is 1. The summed E-state index contributed by atoms with van der Waals surface area (Å²) in [5, 5.41) is 9.88. The zero-order valence-electron chi connectivity index (χ0n) is 17.5. The molecule has 1 amide bonds. The van der Waals surface area contributed by atoms with E-state index in [1.54, 1.807) is 18.2 Å². The van der Waals surface area contributed by atoms with Crippen molar-refractivity contribution >= 4 is 29.0 Å². The van der Waals surface area contributed by atoms with Gasteiger partial charge < -0.3 is 20.1 Å². The van der Waals surface area contributed by atoms with E-state index in [-0.39, 0.29) is 11.6 Å². The van der Waals surface area contributed by atoms with Crippen LogP contribution < -0.4 is 15.5 Å². The summed E-state index contributed by atoms with van der Waals surface area (Å²) in [6, 6.07) is 20.3. The first-order chi connectivity index (χ1) is 15.0. The Bertz CT molecular complexity index is 1190. The number of rotatable bonds is 6. The van der Waals surface area contributed by atoms with Crippen LogP contribution in [0.25, 0.3) is 11.3 Å². The summed E-state index contributed by atoms with van der Waals surface area (Å²) in [5.41, 5.74) is 3.39. The molecule has 0 bridgehead atoms. The number of anilines is 4. The second-order valence-corrected chi connectivity index (χ2v) is 7.18. The van der Waals surface area contributed by atoms with E-state index in [0.29, 0.717) is 17.4 Å². The maximum absolute atomic E-state index is 12.5. The van der Waals surface area contributed by atoms with Crippen LogP contribution >= 0.6 is 0 Å². The lowest BCUT2D eigenvalue weighted by molar-refractivity contribution is 0.101. The average Bonchev–Trinajstić information content (AvgIpc) is 3.26. The van der Waals surface area contributed by atoms with E-state index >= 15 is 0 Å². The minimum atomic E-state index is -0.343. The molecule has 0 atom stereocenters. The van der Waals surface area contributed by atoms with E-state index < -0.39 is 0 Å². The Morgan fingerprint density at radius 2 is 1.65 bits per heavy atom. The minimum Gasteiger partial charge on any atom is -0.363 e. The van der Waals surface area contributed by atoms with Crippen LogP contribution in [-0.4, -0.2) is 35.1 Å². The van der Waals surface area contributed by atoms with E-state index in [4.69, 9.17) is 4.52 Å². The second kappa shape index (κ2) is 8.66. The SMILES string of the molecule is Cc1cc(N(C)C)nc(Nc2ccc(NC(=O)c3cc(-c4ccccc4)on3)cc2)n1. The molecule has 0 aliphatic heterocycles. The van der Waals surface area contributed by atoms with Gasteiger partial charge in [0.25, 0.3) is 5.91 Å². The molecule has 2 aromatic heterocycles. The molecule has 31 heavy (non-hydrogen) atoms. The van der Waals surface area contributed by atoms with Crippen molar-refractivity contribution in [1.29, 1.82) is 0 Å². The van der Waals surface area contributed by atoms with Gasteiger partial charge in [0.1, 0.15) is 5.82 Å². The standard InChI is InChI=1S/C23H22N6O2/c1-15-13-21(29(2)3)27-23(24-15)26-18-11-9-17(10-12-18)25-22(30)19-14-20(31-28-19)16-7-5-4-6-8-16/h4-14H,1-3H3,(H,25,30)(H,24,26,27). The molecule has 0 aliphatic carbocycles. The molecule has 4 aromatic rings. The van der Waals surface area contributed by atoms with E-state index in [2.05, 4.69) is 25.8 Å². The smallest absolute Gasteiger partial charge is 0.277 e. The predicted molar refractivity (Wildman–Crippen MR) is 121 cm³/mol. The molecule has 2 aromatic carbocycles. The summed E-state index contributed by atoms with van der Waals surface area (Å²) in [7, 11) is 3.86. The Morgan fingerprint density at radius 1 is 0.935 bits per heavy atom. The molecular formula is C23H22N6O2. The third-order valence-electron chi connectivity index (χ3n) is 4.50. The molecule has 0 fully saturated rings. The predicted octanol–water partition coefficient (Wildman–Crippen LogP) is 4.50. The van der Waals surface area contributed by atoms with Crippen LogP contribution in [-0.2, 0) is 0 Å². The van der Waals surface area contributed by atoms with Gasteiger partial charge in [0, 0.05) is 48.9 Å². The highest BCUT2D eigenvalue weighted by atomic mass is 16.5. The third-order valence-corrected chi connectivity index (χ3v) is 4.50. The van der Waals surface area contributed by atoms with Crippen LogP contribution in [0.1, 0.15) is 16.2 Å². The van der Waals surface area contributed by atoms with Gasteiger partial charge in [-0.1, -0.05) is 35.5 Å². The van der Waals surface area contributed by atoms with Crippen molar-refractivity contribution < 1.29 is 9.32 Å². The van der Waals surface area contributed by atoms with Crippen LogP contribution in [0.3, 0.4) is 0 Å². The summed E-state index contributed by atoms with van der Waals surface area (Å²) in [6.45, 7) is 1.92. The number of carbonyl (C=O) groups is 1. The molecule has 0 saturated heterocycles. The second-order valence-electron chi connectivity index (χ2n) is 7.18. The highest BCUT2D eigenvalue weighted by Crippen LogP contribution is 2.22. The van der Waals surface area contributed by atoms with Crippen molar-refractivity contribution in [1.82, 2.24) is 15.1 Å². The van der Waals surface area contributed by atoms with E-state index in [1.807, 2.05) is 74.4 Å². The fourth-order valence-corrected chi connectivity index (χ4v) is 2.92. The van der Waals surface area contributed by atoms with Crippen molar-refractivity contribution in [3.8, 4) is 11.3 Å². The lowest BCUT2D eigenvalue weighted by atomic mass is 10.1. The maximum Gasteiger partial charge on any atom is 0.277 e. The van der Waals surface area contributed by atoms with Gasteiger partial charge in [0.2, 0.25) is 5.95 Å². The number of carbonyl (C=O) groups excluding carboxylic acids is 1. The fourth-order valence-electron chi connectivity index (χ4n) is 2.92. The van der Waals surface area contributed by atoms with Gasteiger partial charge in [-0.05, 0) is 31.2 Å². The van der Waals surface area contributed by atoms with Gasteiger partial charge in [-0.15, -0.1) is 0 Å². The average molecular weight is 414 g/mol. The number of nitrogens with zero attached hydrogens (tertiary/aromatic N) is 4. The number of aromatic nitrogens is 3. The molecule has 2 heterocycles. The van der Waals surface area contributed by atoms with Crippen LogP contribution in [0.5, 0.6) is 0 Å². The largest absolute Gasteiger partial charge is 0.363 e. The molecule has 0 unspecified atom stereocenters. The molecule has 4 rings (SSSR count). The first-order valence-corrected chi connectivity index (χ1v) is 9.71. The summed E-state index contributed by atoms with van der Waals surface area (Å²) in [5.74, 6) is 1.53. The van der Waals surface area contributed by atoms with E-state index in [9.17, 15) is 4.79 Å². The van der Waals surface area contributed by atoms with Crippen molar-refractivity contribution in [3.63, 3.8) is 0 Å². The minimum absolute atomic E-state index is 0.213. The first-order valence-electron chi connectivity index (χ1n) is 9.71. The molecule has 0 radical (unpaired) electrons. The van der Waals surface area contributed by atoms with E-state index in [1.165, 1.54) is 0 Å². The normalized spacial score (nSPS) is 10.5. The van der Waals surface area contributed by atoms with Crippen molar-refractivity contribution in [2.45, 2.75) is 6.92 Å². The molecule has 0 saturated carbocycles. The first kappa shape index (κ1) is 20.1. The van der Waals surface area contributed by atoms with Crippen LogP contribution in [0.15, 0.2) is 71.3 Å². The zero-order valence-corrected chi connectivity index (χ0v) is 17.5. The fraction of sp³-hybridized carbons (Fsp3) is 0.130. The lowest BCUT2D eigenvalue weighted by Crippen LogP contribution is -2.13. The Labute approximate surface area is 179 Å². The highest BCUT2D eigenvalue weighted by Gasteiger charge is 2.14. The summed E-state index contributed by atoms with van der Waals surface area (Å²) < 4.78 is 5.29. The molecule has 8 nitrogen and oxygen atoms in total. The van der Waals surface area contributed by atoms with Gasteiger partial charge in [-0.25, -0.2) is 4.98 Å². The Hall–Kier alpha value is -4.20. The number of nitrogens with one attached hydrogen (secondary N) is 2. The number of benzene rings is 2. The summed E-state index contributed by atoms with van der Waals surface area (Å²) >= 11 is 0. The summed E-state index contributed by atoms with van der Waals surface area (Å²) in [4.78, 5) is 23.3. The van der Waals surface area contributed by atoms with E-state index in [0.717, 1.165) is 22.8 Å². The molecule has 0 spiro atoms. The number of hydrogen-bond donors (Lipinski definition) is 2. The van der Waals surface area contributed by atoms with Crippen LogP contribution in [0, 0.1) is 6.92 Å². The Kier molecular flexibility index (Phi) is 5.61. The molecular weight excluding hydrogens is 392 g/mol. The molecule has 2 N–H and O–H groups in total. The van der Waals surface area contributed by atoms with Crippen LogP contribution in [0.4, 0.5) is 23.1 Å². The Morgan fingerprint density at radius 3 is 2.35 bits per heavy atom. The van der Waals surface area contributed by atoms with Crippen molar-refractivity contribution in [3.05, 3.63) is 78.1 Å². The van der Waals surface area contributed by atoms with Crippen molar-refractivity contribution in [2.75, 3.05) is 29.6 Å². The summed E-state index contributed by atoms with van der Waals surface area (Å²) in [6.07, 6.45) is 0.